The fourth-order valence-electron chi connectivity index (χ4n) is 5.82. The number of aryl methyl sites for hydroxylation is 1. The Morgan fingerprint density at radius 1 is 1.15 bits per heavy atom. The third kappa shape index (κ3) is 1.40. The van der Waals surface area contributed by atoms with Crippen LogP contribution in [0.1, 0.15) is 49.3 Å². The van der Waals surface area contributed by atoms with E-state index in [0.29, 0.717) is 11.7 Å². The van der Waals surface area contributed by atoms with Gasteiger partial charge >= 0.3 is 0 Å². The Morgan fingerprint density at radius 2 is 1.95 bits per heavy atom. The second kappa shape index (κ2) is 3.93. The van der Waals surface area contributed by atoms with Crippen molar-refractivity contribution in [2.45, 2.75) is 44.4 Å². The van der Waals surface area contributed by atoms with E-state index in [1.165, 1.54) is 24.8 Å². The van der Waals surface area contributed by atoms with Gasteiger partial charge in [0, 0.05) is 12.1 Å². The molecule has 0 radical (unpaired) electrons. The topological polar surface area (TPSA) is 30.0 Å². The van der Waals surface area contributed by atoms with Gasteiger partial charge in [-0.3, -0.25) is 9.78 Å². The van der Waals surface area contributed by atoms with E-state index >= 15 is 0 Å². The second-order valence-electron chi connectivity index (χ2n) is 7.41. The molecule has 3 fully saturated rings. The standard InChI is InChI=1S/C18H21NO/c20-18(16-14-11-6-7-12(9-11)15(14)16)13-5-1-3-10-4-2-8-19-17(10)13/h2,4,8,11-16H,1,3,5-7,9H2. The van der Waals surface area contributed by atoms with Gasteiger partial charge in [0.2, 0.25) is 0 Å². The third-order valence-electron chi connectivity index (χ3n) is 6.60. The Kier molecular flexibility index (Phi) is 2.25. The van der Waals surface area contributed by atoms with Crippen molar-refractivity contribution in [2.75, 3.05) is 0 Å². The first-order chi connectivity index (χ1) is 9.84. The molecule has 0 N–H and O–H groups in total. The van der Waals surface area contributed by atoms with Crippen LogP contribution in [0, 0.1) is 29.6 Å². The van der Waals surface area contributed by atoms with Crippen LogP contribution in [0.25, 0.3) is 0 Å². The highest BCUT2D eigenvalue weighted by Crippen LogP contribution is 2.70. The monoisotopic (exact) mass is 267 g/mol. The summed E-state index contributed by atoms with van der Waals surface area (Å²) in [5.41, 5.74) is 2.44. The predicted molar refractivity (Wildman–Crippen MR) is 76.2 cm³/mol. The van der Waals surface area contributed by atoms with Crippen molar-refractivity contribution in [2.24, 2.45) is 29.6 Å². The van der Waals surface area contributed by atoms with Crippen LogP contribution in [0.3, 0.4) is 0 Å². The van der Waals surface area contributed by atoms with Gasteiger partial charge in [-0.05, 0) is 73.8 Å². The smallest absolute Gasteiger partial charge is 0.145 e. The van der Waals surface area contributed by atoms with E-state index in [9.17, 15) is 4.79 Å². The number of hydrogen-bond acceptors (Lipinski definition) is 2. The summed E-state index contributed by atoms with van der Waals surface area (Å²) in [7, 11) is 0. The van der Waals surface area contributed by atoms with E-state index in [1.54, 1.807) is 0 Å². The highest BCUT2D eigenvalue weighted by molar-refractivity contribution is 5.91. The van der Waals surface area contributed by atoms with Gasteiger partial charge in [-0.2, -0.15) is 0 Å². The average Bonchev–Trinajstić information content (AvgIpc) is 2.93. The molecule has 0 spiro atoms. The summed E-state index contributed by atoms with van der Waals surface area (Å²) in [5, 5.41) is 0. The van der Waals surface area contributed by atoms with E-state index in [1.807, 2.05) is 12.3 Å². The van der Waals surface area contributed by atoms with Crippen LogP contribution in [0.15, 0.2) is 18.3 Å². The molecule has 2 heteroatoms. The molecule has 20 heavy (non-hydrogen) atoms. The Bertz CT molecular complexity index is 565. The van der Waals surface area contributed by atoms with Crippen molar-refractivity contribution in [3.8, 4) is 0 Å². The number of nitrogens with zero attached hydrogens (tertiary/aromatic N) is 1. The molecule has 4 aliphatic rings. The quantitative estimate of drug-likeness (QED) is 0.822. The van der Waals surface area contributed by atoms with Gasteiger partial charge in [0.1, 0.15) is 5.78 Å². The summed E-state index contributed by atoms with van der Waals surface area (Å²) >= 11 is 0. The van der Waals surface area contributed by atoms with Crippen LogP contribution in [-0.4, -0.2) is 10.8 Å². The lowest BCUT2D eigenvalue weighted by atomic mass is 9.81. The third-order valence-corrected chi connectivity index (χ3v) is 6.60. The minimum absolute atomic E-state index is 0.120. The van der Waals surface area contributed by atoms with E-state index in [-0.39, 0.29) is 5.92 Å². The molecule has 1 heterocycles. The van der Waals surface area contributed by atoms with Gasteiger partial charge in [0.05, 0.1) is 11.6 Å². The molecule has 0 saturated heterocycles. The number of ketones is 1. The average molecular weight is 267 g/mol. The van der Waals surface area contributed by atoms with E-state index in [2.05, 4.69) is 11.1 Å². The second-order valence-corrected chi connectivity index (χ2v) is 7.41. The molecule has 2 bridgehead atoms. The van der Waals surface area contributed by atoms with Crippen LogP contribution < -0.4 is 0 Å². The van der Waals surface area contributed by atoms with Crippen molar-refractivity contribution >= 4 is 5.78 Å². The van der Waals surface area contributed by atoms with Crippen LogP contribution in [-0.2, 0) is 11.2 Å². The van der Waals surface area contributed by atoms with Crippen molar-refractivity contribution < 1.29 is 4.79 Å². The Hall–Kier alpha value is -1.18. The highest BCUT2D eigenvalue weighted by atomic mass is 16.1. The summed E-state index contributed by atoms with van der Waals surface area (Å²) < 4.78 is 0. The first kappa shape index (κ1) is 11.5. The van der Waals surface area contributed by atoms with Crippen molar-refractivity contribution in [3.05, 3.63) is 29.6 Å². The summed E-state index contributed by atoms with van der Waals surface area (Å²) in [4.78, 5) is 17.6. The molecule has 1 aromatic rings. The van der Waals surface area contributed by atoms with E-state index in [4.69, 9.17) is 0 Å². The number of aromatic nitrogens is 1. The number of Topliss-reactive ketones (excluding diaryl/α,β-unsaturated/α-hetero) is 1. The number of hydrogen-bond donors (Lipinski definition) is 0. The van der Waals surface area contributed by atoms with Gasteiger partial charge in [-0.25, -0.2) is 0 Å². The van der Waals surface area contributed by atoms with Gasteiger partial charge in [-0.15, -0.1) is 0 Å². The molecule has 4 aliphatic carbocycles. The Balaban J connectivity index is 1.44. The molecule has 5 unspecified atom stereocenters. The van der Waals surface area contributed by atoms with Gasteiger partial charge in [0.15, 0.2) is 0 Å². The molecule has 104 valence electrons. The maximum Gasteiger partial charge on any atom is 0.145 e. The summed E-state index contributed by atoms with van der Waals surface area (Å²) in [6, 6.07) is 4.18. The van der Waals surface area contributed by atoms with E-state index in [0.717, 1.165) is 48.6 Å². The SMILES string of the molecule is O=C(C1CCCc2cccnc21)C1C2C3CCC(C3)C12. The fourth-order valence-corrected chi connectivity index (χ4v) is 5.82. The van der Waals surface area contributed by atoms with Crippen LogP contribution in [0.5, 0.6) is 0 Å². The zero-order valence-electron chi connectivity index (χ0n) is 11.8. The van der Waals surface area contributed by atoms with E-state index < -0.39 is 0 Å². The lowest BCUT2D eigenvalue weighted by molar-refractivity contribution is -0.123. The molecule has 1 aromatic heterocycles. The maximum absolute atomic E-state index is 13.0. The van der Waals surface area contributed by atoms with Crippen LogP contribution in [0.2, 0.25) is 0 Å². The molecule has 5 atom stereocenters. The number of fused-ring (bicyclic) bond motifs is 6. The molecular formula is C18H21NO. The minimum atomic E-state index is 0.120. The number of carbonyl (C=O) groups excluding carboxylic acids is 1. The summed E-state index contributed by atoms with van der Waals surface area (Å²) in [6.45, 7) is 0. The lowest BCUT2D eigenvalue weighted by Gasteiger charge is -2.24. The van der Waals surface area contributed by atoms with Gasteiger partial charge in [-0.1, -0.05) is 6.07 Å². The first-order valence-corrected chi connectivity index (χ1v) is 8.32. The van der Waals surface area contributed by atoms with Crippen molar-refractivity contribution in [1.29, 1.82) is 0 Å². The zero-order valence-corrected chi connectivity index (χ0v) is 11.8. The number of rotatable bonds is 2. The normalized spacial score (nSPS) is 44.0. The molecule has 0 aliphatic heterocycles. The maximum atomic E-state index is 13.0. The highest BCUT2D eigenvalue weighted by Gasteiger charge is 2.67. The van der Waals surface area contributed by atoms with Crippen LogP contribution in [0.4, 0.5) is 0 Å². The van der Waals surface area contributed by atoms with Gasteiger partial charge in [0.25, 0.3) is 0 Å². The summed E-state index contributed by atoms with van der Waals surface area (Å²) in [5.74, 6) is 4.42. The first-order valence-electron chi connectivity index (χ1n) is 8.32. The minimum Gasteiger partial charge on any atom is -0.299 e. The van der Waals surface area contributed by atoms with Crippen molar-refractivity contribution in [3.63, 3.8) is 0 Å². The molecular weight excluding hydrogens is 246 g/mol. The Morgan fingerprint density at radius 3 is 2.75 bits per heavy atom. The zero-order chi connectivity index (χ0) is 13.3. The Labute approximate surface area is 120 Å². The molecule has 0 aromatic carbocycles. The molecule has 3 saturated carbocycles. The van der Waals surface area contributed by atoms with Gasteiger partial charge < -0.3 is 0 Å². The van der Waals surface area contributed by atoms with Crippen molar-refractivity contribution in [1.82, 2.24) is 4.98 Å². The lowest BCUT2D eigenvalue weighted by Crippen LogP contribution is -2.23. The fraction of sp³-hybridized carbons (Fsp3) is 0.667. The molecule has 2 nitrogen and oxygen atoms in total. The number of carbonyl (C=O) groups is 1. The number of pyridine rings is 1. The van der Waals surface area contributed by atoms with Crippen LogP contribution >= 0.6 is 0 Å². The largest absolute Gasteiger partial charge is 0.299 e. The molecule has 0 amide bonds. The predicted octanol–water partition coefficient (Wildman–Crippen LogP) is 3.36. The molecule has 5 rings (SSSR count). The summed E-state index contributed by atoms with van der Waals surface area (Å²) in [6.07, 6.45) is 9.39.